The van der Waals surface area contributed by atoms with Crippen LogP contribution in [-0.4, -0.2) is 22.3 Å². The summed E-state index contributed by atoms with van der Waals surface area (Å²) in [5.41, 5.74) is 2.44. The van der Waals surface area contributed by atoms with Gasteiger partial charge >= 0.3 is 0 Å². The molecule has 0 unspecified atom stereocenters. The van der Waals surface area contributed by atoms with Gasteiger partial charge in [-0.25, -0.2) is 9.37 Å². The lowest BCUT2D eigenvalue weighted by atomic mass is 9.85. The highest BCUT2D eigenvalue weighted by molar-refractivity contribution is 7.09. The fraction of sp³-hybridized carbons (Fsp3) is 0.292. The minimum Gasteiger partial charge on any atom is -0.350 e. The standard InChI is InChI=1S/C24H24FN3O2S/c25-19-8-6-17(7-9-19)14-24(13-11-22(30)28-24)12-10-21(29)26-15-23-27-20(16-31-23)18-4-2-1-3-5-18/h1-9,16H,10-15H2,(H,26,29)(H,28,30)/t24-/m0/s1. The third-order valence-corrected chi connectivity index (χ3v) is 6.43. The first-order chi connectivity index (χ1) is 15.0. The zero-order valence-corrected chi connectivity index (χ0v) is 17.9. The van der Waals surface area contributed by atoms with Crippen LogP contribution in [0.15, 0.2) is 60.0 Å². The van der Waals surface area contributed by atoms with E-state index in [1.165, 1.54) is 23.5 Å². The number of benzene rings is 2. The topological polar surface area (TPSA) is 71.1 Å². The Balaban J connectivity index is 1.31. The number of nitrogens with zero attached hydrogens (tertiary/aromatic N) is 1. The molecule has 31 heavy (non-hydrogen) atoms. The van der Waals surface area contributed by atoms with Crippen LogP contribution in [0, 0.1) is 5.82 Å². The van der Waals surface area contributed by atoms with E-state index in [2.05, 4.69) is 15.6 Å². The van der Waals surface area contributed by atoms with Crippen molar-refractivity contribution in [2.75, 3.05) is 0 Å². The number of thiazole rings is 1. The molecule has 1 fully saturated rings. The molecule has 160 valence electrons. The average Bonchev–Trinajstić information content (AvgIpc) is 3.40. The molecular formula is C24H24FN3O2S. The van der Waals surface area contributed by atoms with Crippen LogP contribution in [-0.2, 0) is 22.6 Å². The van der Waals surface area contributed by atoms with Gasteiger partial charge in [-0.15, -0.1) is 11.3 Å². The first kappa shape index (κ1) is 21.2. The van der Waals surface area contributed by atoms with Crippen molar-refractivity contribution in [3.05, 3.63) is 76.4 Å². The number of amides is 2. The molecule has 1 aliphatic heterocycles. The monoisotopic (exact) mass is 437 g/mol. The summed E-state index contributed by atoms with van der Waals surface area (Å²) >= 11 is 1.52. The first-order valence-corrected chi connectivity index (χ1v) is 11.2. The Labute approximate surface area is 184 Å². The van der Waals surface area contributed by atoms with Gasteiger partial charge in [-0.1, -0.05) is 42.5 Å². The van der Waals surface area contributed by atoms with Gasteiger partial charge in [0.2, 0.25) is 11.8 Å². The van der Waals surface area contributed by atoms with Crippen molar-refractivity contribution in [3.8, 4) is 11.3 Å². The number of carbonyl (C=O) groups is 2. The molecule has 2 heterocycles. The van der Waals surface area contributed by atoms with Crippen molar-refractivity contribution in [2.24, 2.45) is 0 Å². The molecule has 1 saturated heterocycles. The summed E-state index contributed by atoms with van der Waals surface area (Å²) in [4.78, 5) is 29.0. The number of aromatic nitrogens is 1. The molecule has 0 aliphatic carbocycles. The zero-order valence-electron chi connectivity index (χ0n) is 17.1. The summed E-state index contributed by atoms with van der Waals surface area (Å²) in [5.74, 6) is -0.361. The van der Waals surface area contributed by atoms with Gasteiger partial charge in [-0.3, -0.25) is 9.59 Å². The SMILES string of the molecule is O=C(CC[C@@]1(Cc2ccc(F)cc2)CCC(=O)N1)NCc1nc(-c2ccccc2)cs1. The maximum Gasteiger partial charge on any atom is 0.220 e. The van der Waals surface area contributed by atoms with E-state index < -0.39 is 5.54 Å². The predicted molar refractivity (Wildman–Crippen MR) is 119 cm³/mol. The quantitative estimate of drug-likeness (QED) is 0.554. The van der Waals surface area contributed by atoms with Gasteiger partial charge in [0.25, 0.3) is 0 Å². The van der Waals surface area contributed by atoms with Crippen molar-refractivity contribution < 1.29 is 14.0 Å². The smallest absolute Gasteiger partial charge is 0.220 e. The first-order valence-electron chi connectivity index (χ1n) is 10.3. The highest BCUT2D eigenvalue weighted by Crippen LogP contribution is 2.29. The molecule has 5 nitrogen and oxygen atoms in total. The van der Waals surface area contributed by atoms with Crippen LogP contribution in [0.3, 0.4) is 0 Å². The molecule has 0 spiro atoms. The maximum atomic E-state index is 13.2. The molecule has 0 saturated carbocycles. The second kappa shape index (κ2) is 9.39. The van der Waals surface area contributed by atoms with Crippen LogP contribution in [0.25, 0.3) is 11.3 Å². The number of halogens is 1. The molecule has 4 rings (SSSR count). The Bertz CT molecular complexity index is 1050. The fourth-order valence-corrected chi connectivity index (χ4v) is 4.67. The molecule has 1 aromatic heterocycles. The van der Waals surface area contributed by atoms with E-state index >= 15 is 0 Å². The Morgan fingerprint density at radius 1 is 1.16 bits per heavy atom. The molecule has 1 aliphatic rings. The van der Waals surface area contributed by atoms with E-state index in [1.54, 1.807) is 12.1 Å². The van der Waals surface area contributed by atoms with E-state index in [1.807, 2.05) is 35.7 Å². The Kier molecular flexibility index (Phi) is 6.42. The van der Waals surface area contributed by atoms with Gasteiger partial charge in [0.1, 0.15) is 10.8 Å². The van der Waals surface area contributed by atoms with Crippen LogP contribution in [0.2, 0.25) is 0 Å². The molecule has 2 amide bonds. The van der Waals surface area contributed by atoms with E-state index in [-0.39, 0.29) is 17.6 Å². The minimum absolute atomic E-state index is 0.00116. The molecule has 0 radical (unpaired) electrons. The van der Waals surface area contributed by atoms with Gasteiger partial charge in [-0.2, -0.15) is 0 Å². The summed E-state index contributed by atoms with van der Waals surface area (Å²) < 4.78 is 13.2. The van der Waals surface area contributed by atoms with Gasteiger partial charge in [0.05, 0.1) is 12.2 Å². The number of nitrogens with one attached hydrogen (secondary N) is 2. The van der Waals surface area contributed by atoms with Crippen molar-refractivity contribution >= 4 is 23.2 Å². The lowest BCUT2D eigenvalue weighted by molar-refractivity contribution is -0.122. The van der Waals surface area contributed by atoms with Gasteiger partial charge in [0, 0.05) is 29.3 Å². The Morgan fingerprint density at radius 3 is 2.65 bits per heavy atom. The second-order valence-corrected chi connectivity index (χ2v) is 8.84. The van der Waals surface area contributed by atoms with Gasteiger partial charge < -0.3 is 10.6 Å². The van der Waals surface area contributed by atoms with Crippen molar-refractivity contribution in [3.63, 3.8) is 0 Å². The average molecular weight is 438 g/mol. The molecule has 0 bridgehead atoms. The third-order valence-electron chi connectivity index (χ3n) is 5.58. The van der Waals surface area contributed by atoms with Crippen LogP contribution in [0.1, 0.15) is 36.3 Å². The van der Waals surface area contributed by atoms with Crippen LogP contribution in [0.5, 0.6) is 0 Å². The van der Waals surface area contributed by atoms with E-state index in [4.69, 9.17) is 0 Å². The summed E-state index contributed by atoms with van der Waals surface area (Å²) in [7, 11) is 0. The van der Waals surface area contributed by atoms with Crippen LogP contribution in [0.4, 0.5) is 4.39 Å². The van der Waals surface area contributed by atoms with Crippen LogP contribution >= 0.6 is 11.3 Å². The molecule has 3 aromatic rings. The number of hydrogen-bond acceptors (Lipinski definition) is 4. The highest BCUT2D eigenvalue weighted by Gasteiger charge is 2.37. The second-order valence-electron chi connectivity index (χ2n) is 7.90. The molecule has 2 aromatic carbocycles. The van der Waals surface area contributed by atoms with Crippen molar-refractivity contribution in [2.45, 2.75) is 44.2 Å². The molecule has 1 atom stereocenters. The summed E-state index contributed by atoms with van der Waals surface area (Å²) in [5, 5.41) is 8.83. The van der Waals surface area contributed by atoms with Gasteiger partial charge in [0.15, 0.2) is 0 Å². The molecular weight excluding hydrogens is 413 g/mol. The summed E-state index contributed by atoms with van der Waals surface area (Å²) in [6.45, 7) is 0.383. The number of rotatable bonds is 8. The largest absolute Gasteiger partial charge is 0.350 e. The summed E-state index contributed by atoms with van der Waals surface area (Å²) in [6.07, 6.45) is 2.54. The maximum absolute atomic E-state index is 13.2. The van der Waals surface area contributed by atoms with E-state index in [0.29, 0.717) is 38.6 Å². The minimum atomic E-state index is -0.464. The number of carbonyl (C=O) groups excluding carboxylic acids is 2. The van der Waals surface area contributed by atoms with E-state index in [9.17, 15) is 14.0 Å². The fourth-order valence-electron chi connectivity index (χ4n) is 3.92. The Morgan fingerprint density at radius 2 is 1.94 bits per heavy atom. The summed E-state index contributed by atoms with van der Waals surface area (Å²) in [6, 6.07) is 16.2. The Hall–Kier alpha value is -3.06. The molecule has 7 heteroatoms. The number of hydrogen-bond donors (Lipinski definition) is 2. The zero-order chi connectivity index (χ0) is 21.7. The normalized spacial score (nSPS) is 18.0. The van der Waals surface area contributed by atoms with Crippen molar-refractivity contribution in [1.29, 1.82) is 0 Å². The van der Waals surface area contributed by atoms with Crippen molar-refractivity contribution in [1.82, 2.24) is 15.6 Å². The predicted octanol–water partition coefficient (Wildman–Crippen LogP) is 4.24. The van der Waals surface area contributed by atoms with Gasteiger partial charge in [-0.05, 0) is 37.0 Å². The van der Waals surface area contributed by atoms with E-state index in [0.717, 1.165) is 21.8 Å². The lowest BCUT2D eigenvalue weighted by Crippen LogP contribution is -2.44. The highest BCUT2D eigenvalue weighted by atomic mass is 32.1. The van der Waals surface area contributed by atoms with Crippen LogP contribution < -0.4 is 10.6 Å². The third kappa shape index (κ3) is 5.55. The molecule has 2 N–H and O–H groups in total. The lowest BCUT2D eigenvalue weighted by Gasteiger charge is -2.29.